The largest absolute Gasteiger partial charge is 0.361 e. The minimum absolute atomic E-state index is 0. The highest BCUT2D eigenvalue weighted by Crippen LogP contribution is 2.14. The number of hydrogen-bond donors (Lipinski definition) is 1. The highest BCUT2D eigenvalue weighted by molar-refractivity contribution is 5.75. The molecular weight excluding hydrogens is 118 g/mol. The van der Waals surface area contributed by atoms with E-state index < -0.39 is 0 Å². The first-order valence-electron chi connectivity index (χ1n) is 2.70. The van der Waals surface area contributed by atoms with E-state index in [9.17, 15) is 0 Å². The van der Waals surface area contributed by atoms with Crippen LogP contribution in [0, 0.1) is 0 Å². The summed E-state index contributed by atoms with van der Waals surface area (Å²) in [5.41, 5.74) is 5.40. The van der Waals surface area contributed by atoms with E-state index in [4.69, 9.17) is 10.5 Å². The fraction of sp³-hybridized carbons (Fsp3) is 1.00. The van der Waals surface area contributed by atoms with Gasteiger partial charge in [0.25, 0.3) is 0 Å². The Hall–Kier alpha value is 0.137. The maximum absolute atomic E-state index is 5.40. The van der Waals surface area contributed by atoms with Gasteiger partial charge >= 0.3 is 0 Å². The predicted octanol–water partition coefficient (Wildman–Crippen LogP) is -0.982. The van der Waals surface area contributed by atoms with Crippen molar-refractivity contribution >= 4 is 11.0 Å². The van der Waals surface area contributed by atoms with Crippen LogP contribution in [0.15, 0.2) is 0 Å². The first-order valence-corrected chi connectivity index (χ1v) is 2.70. The van der Waals surface area contributed by atoms with E-state index >= 15 is 0 Å². The molecule has 0 aromatic rings. The fourth-order valence-corrected chi connectivity index (χ4v) is 0.833. The molecule has 0 saturated carbocycles. The number of ether oxygens (including phenoxy) is 1. The first kappa shape index (κ1) is 8.14. The summed E-state index contributed by atoms with van der Waals surface area (Å²) in [5.74, 6) is 0. The second kappa shape index (κ2) is 3.22. The predicted molar refractivity (Wildman–Crippen MR) is 39.1 cm³/mol. The van der Waals surface area contributed by atoms with E-state index in [0.717, 1.165) is 12.8 Å². The van der Waals surface area contributed by atoms with Crippen LogP contribution in [0.25, 0.3) is 0 Å². The van der Waals surface area contributed by atoms with Gasteiger partial charge < -0.3 is 10.5 Å². The minimum Gasteiger partial charge on any atom is -0.361 e. The zero-order valence-corrected chi connectivity index (χ0v) is 4.55. The van der Waals surface area contributed by atoms with Crippen LogP contribution in [0.4, 0.5) is 0 Å². The van der Waals surface area contributed by atoms with Crippen LogP contribution in [0.3, 0.4) is 0 Å². The van der Waals surface area contributed by atoms with Gasteiger partial charge in [-0.05, 0) is 30.7 Å². The SMILES string of the molecule is CC1CCC(N)O1.[SiH4]. The van der Waals surface area contributed by atoms with Crippen molar-refractivity contribution in [2.24, 2.45) is 5.73 Å². The third kappa shape index (κ3) is 1.94. The van der Waals surface area contributed by atoms with E-state index in [1.165, 1.54) is 0 Å². The Labute approximate surface area is 54.4 Å². The fourth-order valence-electron chi connectivity index (χ4n) is 0.833. The Balaban J connectivity index is 0.000000490. The molecule has 0 aromatic heterocycles. The lowest BCUT2D eigenvalue weighted by atomic mass is 10.2. The maximum atomic E-state index is 5.40. The van der Waals surface area contributed by atoms with Gasteiger partial charge in [0.15, 0.2) is 0 Å². The van der Waals surface area contributed by atoms with Crippen LogP contribution >= 0.6 is 0 Å². The third-order valence-electron chi connectivity index (χ3n) is 1.26. The molecule has 1 rings (SSSR count). The summed E-state index contributed by atoms with van der Waals surface area (Å²) in [4.78, 5) is 0. The molecule has 0 radical (unpaired) electrons. The second-order valence-electron chi connectivity index (χ2n) is 2.06. The lowest BCUT2D eigenvalue weighted by Gasteiger charge is -2.01. The Morgan fingerprint density at radius 3 is 2.25 bits per heavy atom. The normalized spacial score (nSPS) is 36.8. The van der Waals surface area contributed by atoms with Gasteiger partial charge in [-0.15, -0.1) is 0 Å². The van der Waals surface area contributed by atoms with Gasteiger partial charge in [-0.2, -0.15) is 0 Å². The molecule has 1 saturated heterocycles. The first-order chi connectivity index (χ1) is 3.29. The lowest BCUT2D eigenvalue weighted by Crippen LogP contribution is -2.18. The Kier molecular flexibility index (Phi) is 3.27. The summed E-state index contributed by atoms with van der Waals surface area (Å²) in [5, 5.41) is 0. The van der Waals surface area contributed by atoms with Crippen molar-refractivity contribution in [3.05, 3.63) is 0 Å². The summed E-state index contributed by atoms with van der Waals surface area (Å²) >= 11 is 0. The van der Waals surface area contributed by atoms with Gasteiger partial charge in [-0.25, -0.2) is 0 Å². The molecule has 50 valence electrons. The van der Waals surface area contributed by atoms with Crippen molar-refractivity contribution in [1.29, 1.82) is 0 Å². The van der Waals surface area contributed by atoms with Crippen LogP contribution < -0.4 is 5.73 Å². The minimum atomic E-state index is 0. The quantitative estimate of drug-likeness (QED) is 0.431. The topological polar surface area (TPSA) is 35.2 Å². The average molecular weight is 133 g/mol. The molecule has 2 unspecified atom stereocenters. The van der Waals surface area contributed by atoms with Crippen LogP contribution in [0.5, 0.6) is 0 Å². The maximum Gasteiger partial charge on any atom is 0.106 e. The summed E-state index contributed by atoms with van der Waals surface area (Å²) in [6.45, 7) is 2.05. The van der Waals surface area contributed by atoms with Crippen LogP contribution in [0.2, 0.25) is 0 Å². The molecule has 0 spiro atoms. The Morgan fingerprint density at radius 1 is 1.50 bits per heavy atom. The van der Waals surface area contributed by atoms with Crippen molar-refractivity contribution in [2.75, 3.05) is 0 Å². The van der Waals surface area contributed by atoms with Crippen molar-refractivity contribution in [3.8, 4) is 0 Å². The zero-order chi connectivity index (χ0) is 5.28. The summed E-state index contributed by atoms with van der Waals surface area (Å²) in [7, 11) is 0. The molecule has 0 bridgehead atoms. The van der Waals surface area contributed by atoms with E-state index in [1.807, 2.05) is 6.92 Å². The summed E-state index contributed by atoms with van der Waals surface area (Å²) < 4.78 is 5.14. The molecule has 2 nitrogen and oxygen atoms in total. The number of nitrogens with two attached hydrogens (primary N) is 1. The van der Waals surface area contributed by atoms with Crippen molar-refractivity contribution in [2.45, 2.75) is 32.1 Å². The van der Waals surface area contributed by atoms with Crippen molar-refractivity contribution in [1.82, 2.24) is 0 Å². The number of rotatable bonds is 0. The molecular formula is C5H15NOSi. The zero-order valence-electron chi connectivity index (χ0n) is 4.55. The lowest BCUT2D eigenvalue weighted by molar-refractivity contribution is 0.0601. The summed E-state index contributed by atoms with van der Waals surface area (Å²) in [6.07, 6.45) is 2.58. The summed E-state index contributed by atoms with van der Waals surface area (Å²) in [6, 6.07) is 0. The van der Waals surface area contributed by atoms with Gasteiger partial charge in [-0.3, -0.25) is 0 Å². The van der Waals surface area contributed by atoms with E-state index in [0.29, 0.717) is 6.10 Å². The van der Waals surface area contributed by atoms with E-state index in [1.54, 1.807) is 0 Å². The third-order valence-corrected chi connectivity index (χ3v) is 1.26. The van der Waals surface area contributed by atoms with Gasteiger partial charge in [0, 0.05) is 0 Å². The standard InChI is InChI=1S/C5H11NO.H4Si/c1-4-2-3-5(6)7-4;/h4-5H,2-3,6H2,1H3;1H4. The van der Waals surface area contributed by atoms with E-state index in [2.05, 4.69) is 0 Å². The Morgan fingerprint density at radius 2 is 2.12 bits per heavy atom. The molecule has 8 heavy (non-hydrogen) atoms. The molecule has 3 heteroatoms. The molecule has 2 N–H and O–H groups in total. The molecule has 0 aromatic carbocycles. The van der Waals surface area contributed by atoms with Crippen molar-refractivity contribution < 1.29 is 4.74 Å². The molecule has 2 atom stereocenters. The monoisotopic (exact) mass is 133 g/mol. The molecule has 1 fully saturated rings. The van der Waals surface area contributed by atoms with Gasteiger partial charge in [0.2, 0.25) is 0 Å². The average Bonchev–Trinajstić information content (AvgIpc) is 1.87. The van der Waals surface area contributed by atoms with Crippen LogP contribution in [-0.4, -0.2) is 23.3 Å². The van der Waals surface area contributed by atoms with Crippen LogP contribution in [-0.2, 0) is 4.74 Å². The Bertz CT molecular complexity index is 61.4. The highest BCUT2D eigenvalue weighted by Gasteiger charge is 2.16. The van der Waals surface area contributed by atoms with Crippen molar-refractivity contribution in [3.63, 3.8) is 0 Å². The molecule has 0 aliphatic carbocycles. The molecule has 0 amide bonds. The molecule has 1 heterocycles. The second-order valence-corrected chi connectivity index (χ2v) is 2.06. The van der Waals surface area contributed by atoms with E-state index in [-0.39, 0.29) is 17.2 Å². The number of hydrogen-bond acceptors (Lipinski definition) is 2. The van der Waals surface area contributed by atoms with Gasteiger partial charge in [-0.1, -0.05) is 0 Å². The smallest absolute Gasteiger partial charge is 0.106 e. The van der Waals surface area contributed by atoms with Gasteiger partial charge in [0.05, 0.1) is 6.10 Å². The van der Waals surface area contributed by atoms with Crippen LogP contribution in [0.1, 0.15) is 19.8 Å². The molecule has 1 aliphatic heterocycles. The molecule has 1 aliphatic rings. The van der Waals surface area contributed by atoms with Gasteiger partial charge in [0.1, 0.15) is 6.23 Å². The highest BCUT2D eigenvalue weighted by atomic mass is 28.1.